The first-order chi connectivity index (χ1) is 18.0. The van der Waals surface area contributed by atoms with Crippen LogP contribution in [0.4, 0.5) is 22.6 Å². The number of rotatable bonds is 6. The van der Waals surface area contributed by atoms with E-state index in [1.807, 2.05) is 24.3 Å². The summed E-state index contributed by atoms with van der Waals surface area (Å²) in [7, 11) is -2.92. The van der Waals surface area contributed by atoms with E-state index in [2.05, 4.69) is 4.98 Å². The van der Waals surface area contributed by atoms with Gasteiger partial charge in [-0.25, -0.2) is 12.8 Å². The number of ether oxygens (including phenoxy) is 1. The minimum Gasteiger partial charge on any atom is -0.494 e. The zero-order valence-electron chi connectivity index (χ0n) is 20.1. The third kappa shape index (κ3) is 4.45. The fourth-order valence-corrected chi connectivity index (χ4v) is 7.46. The van der Waals surface area contributed by atoms with E-state index in [0.717, 1.165) is 20.5 Å². The average molecular weight is 561 g/mol. The number of methoxy groups -OCH3 is 1. The van der Waals surface area contributed by atoms with E-state index in [1.54, 1.807) is 19.1 Å². The number of thiophene rings is 1. The normalized spacial score (nSPS) is 12.3. The third-order valence-electron chi connectivity index (χ3n) is 6.19. The van der Waals surface area contributed by atoms with E-state index in [-0.39, 0.29) is 10.5 Å². The Kier molecular flexibility index (Phi) is 6.52. The fourth-order valence-electron chi connectivity index (χ4n) is 4.35. The molecule has 0 spiro atoms. The summed E-state index contributed by atoms with van der Waals surface area (Å²) >= 11 is 1.21. The number of halogens is 4. The molecule has 38 heavy (non-hydrogen) atoms. The van der Waals surface area contributed by atoms with Crippen LogP contribution in [-0.2, 0) is 22.7 Å². The van der Waals surface area contributed by atoms with Gasteiger partial charge in [0, 0.05) is 16.3 Å². The van der Waals surface area contributed by atoms with Crippen LogP contribution in [0, 0.1) is 12.7 Å². The Morgan fingerprint density at radius 2 is 1.74 bits per heavy atom. The Labute approximate surface area is 220 Å². The first-order valence-electron chi connectivity index (χ1n) is 11.3. The van der Waals surface area contributed by atoms with Crippen molar-refractivity contribution in [1.82, 2.24) is 4.98 Å². The second-order valence-electron chi connectivity index (χ2n) is 8.52. The van der Waals surface area contributed by atoms with Crippen molar-refractivity contribution < 1.29 is 30.7 Å². The molecule has 0 radical (unpaired) electrons. The number of aryl methyl sites for hydroxylation is 1. The van der Waals surface area contributed by atoms with Gasteiger partial charge in [-0.3, -0.25) is 9.29 Å². The Balaban J connectivity index is 1.74. The first-order valence-corrected chi connectivity index (χ1v) is 13.6. The highest BCUT2D eigenvalue weighted by Crippen LogP contribution is 2.42. The molecule has 0 bridgehead atoms. The lowest BCUT2D eigenvalue weighted by molar-refractivity contribution is -0.140. The number of alkyl halides is 3. The molecule has 0 N–H and O–H groups in total. The first kappa shape index (κ1) is 25.9. The van der Waals surface area contributed by atoms with Gasteiger partial charge >= 0.3 is 6.18 Å². The lowest BCUT2D eigenvalue weighted by Crippen LogP contribution is -2.31. The molecule has 0 unspecified atom stereocenters. The van der Waals surface area contributed by atoms with Crippen LogP contribution < -0.4 is 9.04 Å². The largest absolute Gasteiger partial charge is 0.494 e. The number of anilines is 1. The van der Waals surface area contributed by atoms with Gasteiger partial charge in [0.2, 0.25) is 0 Å². The molecule has 0 aliphatic carbocycles. The van der Waals surface area contributed by atoms with Crippen molar-refractivity contribution in [2.24, 2.45) is 0 Å². The van der Waals surface area contributed by atoms with Crippen LogP contribution in [0.2, 0.25) is 0 Å². The molecule has 0 fully saturated rings. The topological polar surface area (TPSA) is 59.5 Å². The van der Waals surface area contributed by atoms with Crippen molar-refractivity contribution in [3.63, 3.8) is 0 Å². The van der Waals surface area contributed by atoms with Crippen molar-refractivity contribution in [3.05, 3.63) is 95.4 Å². The number of benzene rings is 3. The highest BCUT2D eigenvalue weighted by atomic mass is 32.2. The fraction of sp³-hybridized carbons (Fsp3) is 0.148. The van der Waals surface area contributed by atoms with Gasteiger partial charge in [0.15, 0.2) is 0 Å². The molecule has 3 aromatic carbocycles. The molecule has 2 heterocycles. The Morgan fingerprint density at radius 1 is 1.00 bits per heavy atom. The van der Waals surface area contributed by atoms with Gasteiger partial charge in [0.1, 0.15) is 22.1 Å². The van der Waals surface area contributed by atoms with Gasteiger partial charge in [0.05, 0.1) is 24.1 Å². The summed E-state index contributed by atoms with van der Waals surface area (Å²) in [6, 6.07) is 15.9. The number of nitrogens with zero attached hydrogens (tertiary/aromatic N) is 2. The summed E-state index contributed by atoms with van der Waals surface area (Å²) in [4.78, 5) is 4.18. The van der Waals surface area contributed by atoms with Gasteiger partial charge in [-0.2, -0.15) is 13.2 Å². The Morgan fingerprint density at radius 3 is 2.45 bits per heavy atom. The summed E-state index contributed by atoms with van der Waals surface area (Å²) < 4.78 is 90.2. The van der Waals surface area contributed by atoms with Gasteiger partial charge in [0.25, 0.3) is 10.0 Å². The lowest BCUT2D eigenvalue weighted by atomic mass is 10.1. The van der Waals surface area contributed by atoms with Crippen molar-refractivity contribution in [2.45, 2.75) is 24.5 Å². The minimum absolute atomic E-state index is 0.0184. The predicted molar refractivity (Wildman–Crippen MR) is 140 cm³/mol. The summed E-state index contributed by atoms with van der Waals surface area (Å²) in [6.45, 7) is 1.31. The molecule has 11 heteroatoms. The van der Waals surface area contributed by atoms with E-state index in [1.165, 1.54) is 36.8 Å². The van der Waals surface area contributed by atoms with Crippen LogP contribution >= 0.6 is 11.3 Å². The standard InChI is InChI=1S/C27H20F4N2O3S2/c1-16-18-6-3-4-8-23(18)37-26(16)33(15-17-9-10-21(28)20(14-17)27(29,30)31)38(34,35)24-12-11-22(36-2)25-19(24)7-5-13-32-25/h3-14H,15H2,1-2H3. The highest BCUT2D eigenvalue weighted by molar-refractivity contribution is 7.93. The van der Waals surface area contributed by atoms with Crippen LogP contribution in [0.1, 0.15) is 16.7 Å². The van der Waals surface area contributed by atoms with Crippen LogP contribution in [0.5, 0.6) is 5.75 Å². The van der Waals surface area contributed by atoms with E-state index in [4.69, 9.17) is 4.74 Å². The van der Waals surface area contributed by atoms with Gasteiger partial charge in [-0.05, 0) is 65.9 Å². The molecule has 2 aromatic heterocycles. The second kappa shape index (κ2) is 9.55. The molecule has 0 saturated heterocycles. The van der Waals surface area contributed by atoms with Crippen LogP contribution in [0.3, 0.4) is 0 Å². The predicted octanol–water partition coefficient (Wildman–Crippen LogP) is 7.32. The maximum absolute atomic E-state index is 14.3. The molecule has 0 aliphatic rings. The van der Waals surface area contributed by atoms with Crippen LogP contribution in [0.15, 0.2) is 77.8 Å². The number of fused-ring (bicyclic) bond motifs is 2. The quantitative estimate of drug-likeness (QED) is 0.204. The number of sulfonamides is 1. The van der Waals surface area contributed by atoms with E-state index < -0.39 is 34.1 Å². The molecule has 5 nitrogen and oxygen atoms in total. The molecular weight excluding hydrogens is 540 g/mol. The van der Waals surface area contributed by atoms with Crippen molar-refractivity contribution in [2.75, 3.05) is 11.4 Å². The van der Waals surface area contributed by atoms with Crippen LogP contribution in [-0.4, -0.2) is 20.5 Å². The maximum atomic E-state index is 14.3. The van der Waals surface area contributed by atoms with Gasteiger partial charge in [-0.1, -0.05) is 24.3 Å². The average Bonchev–Trinajstić information content (AvgIpc) is 3.22. The molecule has 5 rings (SSSR count). The monoisotopic (exact) mass is 560 g/mol. The Bertz CT molecular complexity index is 1780. The zero-order valence-corrected chi connectivity index (χ0v) is 21.7. The number of pyridine rings is 1. The smallest absolute Gasteiger partial charge is 0.419 e. The highest BCUT2D eigenvalue weighted by Gasteiger charge is 2.35. The number of hydrogen-bond donors (Lipinski definition) is 0. The molecule has 0 aliphatic heterocycles. The molecule has 196 valence electrons. The van der Waals surface area contributed by atoms with Gasteiger partial charge < -0.3 is 4.74 Å². The van der Waals surface area contributed by atoms with E-state index in [0.29, 0.717) is 39.3 Å². The minimum atomic E-state index is -4.94. The Hall–Kier alpha value is -3.70. The van der Waals surface area contributed by atoms with E-state index in [9.17, 15) is 26.0 Å². The number of aromatic nitrogens is 1. The van der Waals surface area contributed by atoms with Crippen molar-refractivity contribution in [3.8, 4) is 5.75 Å². The molecule has 0 saturated carbocycles. The van der Waals surface area contributed by atoms with E-state index >= 15 is 0 Å². The van der Waals surface area contributed by atoms with Gasteiger partial charge in [-0.15, -0.1) is 11.3 Å². The molecule has 0 amide bonds. The third-order valence-corrected chi connectivity index (χ3v) is 9.40. The second-order valence-corrected chi connectivity index (χ2v) is 11.4. The molecular formula is C27H20F4N2O3S2. The van der Waals surface area contributed by atoms with Crippen molar-refractivity contribution in [1.29, 1.82) is 0 Å². The lowest BCUT2D eigenvalue weighted by Gasteiger charge is -2.25. The van der Waals surface area contributed by atoms with Crippen molar-refractivity contribution >= 4 is 47.4 Å². The summed E-state index contributed by atoms with van der Waals surface area (Å²) in [6.07, 6.45) is -3.43. The summed E-state index contributed by atoms with van der Waals surface area (Å²) in [5.41, 5.74) is -0.497. The van der Waals surface area contributed by atoms with Crippen LogP contribution in [0.25, 0.3) is 21.0 Å². The SMILES string of the molecule is COc1ccc(S(=O)(=O)N(Cc2ccc(F)c(C(F)(F)F)c2)c2sc3ccccc3c2C)c2cccnc12. The molecule has 5 aromatic rings. The number of hydrogen-bond acceptors (Lipinski definition) is 5. The maximum Gasteiger partial charge on any atom is 0.419 e. The summed E-state index contributed by atoms with van der Waals surface area (Å²) in [5, 5.41) is 1.46. The summed E-state index contributed by atoms with van der Waals surface area (Å²) in [5.74, 6) is -1.06. The molecule has 0 atom stereocenters. The zero-order chi connectivity index (χ0) is 27.2.